The van der Waals surface area contributed by atoms with Crippen LogP contribution in [-0.4, -0.2) is 74.4 Å². The molecule has 2 saturated heterocycles. The molecule has 2 aliphatic rings. The fraction of sp³-hybridized carbons (Fsp3) is 0.519. The van der Waals surface area contributed by atoms with Crippen LogP contribution in [0.3, 0.4) is 0 Å². The Morgan fingerprint density at radius 1 is 1.03 bits per heavy atom. The first-order valence-electron chi connectivity index (χ1n) is 12.6. The summed E-state index contributed by atoms with van der Waals surface area (Å²) < 4.78 is 41.0. The van der Waals surface area contributed by atoms with Gasteiger partial charge in [0.15, 0.2) is 0 Å². The second-order valence-corrected chi connectivity index (χ2v) is 9.74. The van der Waals surface area contributed by atoms with Crippen molar-refractivity contribution in [1.29, 1.82) is 0 Å². The molecule has 36 heavy (non-hydrogen) atoms. The minimum atomic E-state index is -4.69. The first kappa shape index (κ1) is 26.3. The van der Waals surface area contributed by atoms with Crippen LogP contribution >= 0.6 is 0 Å². The molecule has 196 valence electrons. The molecule has 0 radical (unpaired) electrons. The number of nitrogens with one attached hydrogen (secondary N) is 1. The Bertz CT molecular complexity index is 963. The molecule has 2 fully saturated rings. The second-order valence-electron chi connectivity index (χ2n) is 9.74. The van der Waals surface area contributed by atoms with Crippen molar-refractivity contribution in [2.75, 3.05) is 51.2 Å². The van der Waals surface area contributed by atoms with Crippen LogP contribution in [0.2, 0.25) is 0 Å². The molecule has 0 spiro atoms. The number of halogens is 3. The third kappa shape index (κ3) is 7.61. The summed E-state index contributed by atoms with van der Waals surface area (Å²) in [6, 6.07) is 16.9. The Morgan fingerprint density at radius 2 is 1.72 bits per heavy atom. The minimum absolute atomic E-state index is 0.0350. The van der Waals surface area contributed by atoms with Crippen molar-refractivity contribution >= 4 is 11.6 Å². The maximum Gasteiger partial charge on any atom is 0.573 e. The van der Waals surface area contributed by atoms with Crippen molar-refractivity contribution in [3.63, 3.8) is 0 Å². The van der Waals surface area contributed by atoms with Crippen LogP contribution < -0.4 is 15.0 Å². The summed E-state index contributed by atoms with van der Waals surface area (Å²) in [5.74, 6) is -0.173. The number of carbonyl (C=O) groups is 1. The van der Waals surface area contributed by atoms with E-state index in [1.165, 1.54) is 17.7 Å². The van der Waals surface area contributed by atoms with Crippen LogP contribution in [-0.2, 0) is 11.3 Å². The summed E-state index contributed by atoms with van der Waals surface area (Å²) in [6.45, 7) is 5.94. The molecule has 1 atom stereocenters. The highest BCUT2D eigenvalue weighted by Gasteiger charge is 2.31. The average molecular weight is 505 g/mol. The predicted molar refractivity (Wildman–Crippen MR) is 134 cm³/mol. The van der Waals surface area contributed by atoms with E-state index in [2.05, 4.69) is 56.1 Å². The molecule has 0 unspecified atom stereocenters. The van der Waals surface area contributed by atoms with E-state index in [1.54, 1.807) is 12.1 Å². The van der Waals surface area contributed by atoms with Crippen LogP contribution in [0.1, 0.15) is 24.8 Å². The van der Waals surface area contributed by atoms with E-state index in [1.807, 2.05) is 6.07 Å². The third-order valence-electron chi connectivity index (χ3n) is 7.18. The molecule has 2 aromatic carbocycles. The Labute approximate surface area is 211 Å². The molecule has 0 aromatic heterocycles. The standard InChI is InChI=1S/C27H35F3N4O2/c1-32(24-13-15-33(20-24)19-21-5-3-2-4-6-21)18-14-31-26(35)22-11-16-34(17-12-22)23-7-9-25(10-8-23)36-27(28,29)30/h2-10,22,24H,11-20H2,1H3,(H,31,35)/t24-/m0/s1. The van der Waals surface area contributed by atoms with Gasteiger partial charge in [-0.2, -0.15) is 0 Å². The lowest BCUT2D eigenvalue weighted by atomic mass is 9.95. The number of anilines is 1. The first-order valence-corrected chi connectivity index (χ1v) is 12.6. The Kier molecular flexibility index (Phi) is 8.74. The number of alkyl halides is 3. The van der Waals surface area contributed by atoms with Gasteiger partial charge >= 0.3 is 6.36 Å². The van der Waals surface area contributed by atoms with Crippen molar-refractivity contribution in [1.82, 2.24) is 15.1 Å². The van der Waals surface area contributed by atoms with Crippen LogP contribution in [0, 0.1) is 5.92 Å². The van der Waals surface area contributed by atoms with Crippen molar-refractivity contribution in [2.24, 2.45) is 5.92 Å². The minimum Gasteiger partial charge on any atom is -0.406 e. The largest absolute Gasteiger partial charge is 0.573 e. The van der Waals surface area contributed by atoms with Gasteiger partial charge in [-0.3, -0.25) is 9.69 Å². The van der Waals surface area contributed by atoms with Crippen LogP contribution in [0.4, 0.5) is 18.9 Å². The van der Waals surface area contributed by atoms with Gasteiger partial charge in [0, 0.05) is 63.5 Å². The number of hydrogen-bond acceptors (Lipinski definition) is 5. The van der Waals surface area contributed by atoms with Crippen LogP contribution in [0.15, 0.2) is 54.6 Å². The van der Waals surface area contributed by atoms with Gasteiger partial charge in [-0.05, 0) is 56.1 Å². The molecule has 4 rings (SSSR count). The van der Waals surface area contributed by atoms with Gasteiger partial charge < -0.3 is 19.9 Å². The summed E-state index contributed by atoms with van der Waals surface area (Å²) >= 11 is 0. The van der Waals surface area contributed by atoms with E-state index in [9.17, 15) is 18.0 Å². The van der Waals surface area contributed by atoms with E-state index in [0.29, 0.717) is 25.7 Å². The fourth-order valence-electron chi connectivity index (χ4n) is 5.10. The number of carbonyl (C=O) groups excluding carboxylic acids is 1. The zero-order chi connectivity index (χ0) is 25.5. The molecule has 0 bridgehead atoms. The van der Waals surface area contributed by atoms with E-state index in [-0.39, 0.29) is 17.6 Å². The van der Waals surface area contributed by atoms with Crippen molar-refractivity contribution < 1.29 is 22.7 Å². The van der Waals surface area contributed by atoms with Gasteiger partial charge in [-0.15, -0.1) is 13.2 Å². The number of likely N-dealkylation sites (tertiary alicyclic amines) is 1. The normalized spacial score (nSPS) is 19.6. The highest BCUT2D eigenvalue weighted by Crippen LogP contribution is 2.28. The monoisotopic (exact) mass is 504 g/mol. The van der Waals surface area contributed by atoms with Gasteiger partial charge in [0.05, 0.1) is 0 Å². The summed E-state index contributed by atoms with van der Waals surface area (Å²) in [5, 5.41) is 3.11. The number of piperidine rings is 1. The fourth-order valence-corrected chi connectivity index (χ4v) is 5.10. The zero-order valence-electron chi connectivity index (χ0n) is 20.7. The Morgan fingerprint density at radius 3 is 2.39 bits per heavy atom. The molecule has 2 heterocycles. The molecule has 2 aliphatic heterocycles. The molecular formula is C27H35F3N4O2. The molecule has 0 saturated carbocycles. The lowest BCUT2D eigenvalue weighted by Gasteiger charge is -2.33. The molecule has 9 heteroatoms. The van der Waals surface area contributed by atoms with Gasteiger partial charge in [-0.1, -0.05) is 30.3 Å². The topological polar surface area (TPSA) is 48.1 Å². The Balaban J connectivity index is 1.13. The lowest BCUT2D eigenvalue weighted by Crippen LogP contribution is -2.44. The molecule has 6 nitrogen and oxygen atoms in total. The number of hydrogen-bond donors (Lipinski definition) is 1. The predicted octanol–water partition coefficient (Wildman–Crippen LogP) is 4.12. The SMILES string of the molecule is CN(CCNC(=O)C1CCN(c2ccc(OC(F)(F)F)cc2)CC1)[C@H]1CCN(Cc2ccccc2)C1. The summed E-state index contributed by atoms with van der Waals surface area (Å²) in [5.41, 5.74) is 2.18. The molecule has 2 aromatic rings. The summed E-state index contributed by atoms with van der Waals surface area (Å²) in [4.78, 5) is 19.6. The molecule has 1 amide bonds. The van der Waals surface area contributed by atoms with Crippen LogP contribution in [0.25, 0.3) is 0 Å². The molecule has 1 N–H and O–H groups in total. The number of ether oxygens (including phenoxy) is 1. The van der Waals surface area contributed by atoms with E-state index in [4.69, 9.17) is 0 Å². The number of nitrogens with zero attached hydrogens (tertiary/aromatic N) is 3. The smallest absolute Gasteiger partial charge is 0.406 e. The van der Waals surface area contributed by atoms with Gasteiger partial charge in [0.2, 0.25) is 5.91 Å². The quantitative estimate of drug-likeness (QED) is 0.557. The lowest BCUT2D eigenvalue weighted by molar-refractivity contribution is -0.274. The number of rotatable bonds is 9. The van der Waals surface area contributed by atoms with Crippen molar-refractivity contribution in [3.8, 4) is 5.75 Å². The maximum absolute atomic E-state index is 12.7. The van der Waals surface area contributed by atoms with E-state index < -0.39 is 6.36 Å². The number of amides is 1. The highest BCUT2D eigenvalue weighted by molar-refractivity contribution is 5.79. The zero-order valence-corrected chi connectivity index (χ0v) is 20.7. The molecular weight excluding hydrogens is 469 g/mol. The third-order valence-corrected chi connectivity index (χ3v) is 7.18. The van der Waals surface area contributed by atoms with Crippen LogP contribution in [0.5, 0.6) is 5.75 Å². The summed E-state index contributed by atoms with van der Waals surface area (Å²) in [6.07, 6.45) is -2.11. The van der Waals surface area contributed by atoms with Crippen molar-refractivity contribution in [2.45, 2.75) is 38.2 Å². The number of benzene rings is 2. The average Bonchev–Trinajstić information content (AvgIpc) is 3.33. The molecule has 0 aliphatic carbocycles. The van der Waals surface area contributed by atoms with Gasteiger partial charge in [-0.25, -0.2) is 0 Å². The highest BCUT2D eigenvalue weighted by atomic mass is 19.4. The first-order chi connectivity index (χ1) is 17.3. The van der Waals surface area contributed by atoms with Gasteiger partial charge in [0.1, 0.15) is 5.75 Å². The van der Waals surface area contributed by atoms with Crippen molar-refractivity contribution in [3.05, 3.63) is 60.2 Å². The maximum atomic E-state index is 12.7. The Hall–Kier alpha value is -2.78. The summed E-state index contributed by atoms with van der Waals surface area (Å²) in [7, 11) is 2.13. The van der Waals surface area contributed by atoms with E-state index in [0.717, 1.165) is 51.1 Å². The second kappa shape index (κ2) is 12.0. The van der Waals surface area contributed by atoms with Gasteiger partial charge in [0.25, 0.3) is 0 Å². The number of likely N-dealkylation sites (N-methyl/N-ethyl adjacent to an activating group) is 1. The van der Waals surface area contributed by atoms with E-state index >= 15 is 0 Å².